The van der Waals surface area contributed by atoms with Gasteiger partial charge in [-0.2, -0.15) is 17.5 Å². The predicted octanol–water partition coefficient (Wildman–Crippen LogP) is 2.88. The van der Waals surface area contributed by atoms with Crippen molar-refractivity contribution in [1.82, 2.24) is 4.31 Å². The number of anilines is 1. The molecule has 114 valence electrons. The lowest BCUT2D eigenvalue weighted by molar-refractivity contribution is -0.138. The second-order valence-electron chi connectivity index (χ2n) is 4.42. The summed E-state index contributed by atoms with van der Waals surface area (Å²) in [6.45, 7) is 1.09. The van der Waals surface area contributed by atoms with Crippen molar-refractivity contribution in [3.63, 3.8) is 0 Å². The van der Waals surface area contributed by atoms with Crippen LogP contribution in [-0.4, -0.2) is 31.5 Å². The number of nitrogens with two attached hydrogens (primary N) is 1. The molecule has 4 nitrogen and oxygen atoms in total. The van der Waals surface area contributed by atoms with Gasteiger partial charge in [0.1, 0.15) is 11.4 Å². The smallest absolute Gasteiger partial charge is 0.398 e. The van der Waals surface area contributed by atoms with Crippen molar-refractivity contribution in [3.05, 3.63) is 23.2 Å². The maximum Gasteiger partial charge on any atom is 0.402 e. The fourth-order valence-electron chi connectivity index (χ4n) is 1.64. The van der Waals surface area contributed by atoms with E-state index < -0.39 is 33.7 Å². The Balaban J connectivity index is 3.38. The minimum absolute atomic E-state index is 0.190. The van der Waals surface area contributed by atoms with Gasteiger partial charge >= 0.3 is 6.18 Å². The van der Waals surface area contributed by atoms with Crippen molar-refractivity contribution in [2.75, 3.05) is 12.3 Å². The van der Waals surface area contributed by atoms with Crippen molar-refractivity contribution in [1.29, 1.82) is 0 Å². The molecule has 0 aromatic heterocycles. The number of halogens is 4. The summed E-state index contributed by atoms with van der Waals surface area (Å²) in [5.74, 6) is 0. The Bertz CT molecular complexity index is 568. The van der Waals surface area contributed by atoms with E-state index in [9.17, 15) is 21.6 Å². The molecule has 0 aliphatic rings. The van der Waals surface area contributed by atoms with Gasteiger partial charge in [0.25, 0.3) is 0 Å². The highest BCUT2D eigenvalue weighted by Crippen LogP contribution is 2.32. The van der Waals surface area contributed by atoms with Crippen molar-refractivity contribution in [2.24, 2.45) is 0 Å². The normalized spacial score (nSPS) is 13.2. The Morgan fingerprint density at radius 2 is 1.90 bits per heavy atom. The molecule has 0 saturated heterocycles. The van der Waals surface area contributed by atoms with Crippen LogP contribution in [0.2, 0.25) is 5.02 Å². The van der Waals surface area contributed by atoms with E-state index in [0.717, 1.165) is 0 Å². The van der Waals surface area contributed by atoms with Crippen LogP contribution in [0.25, 0.3) is 0 Å². The lowest BCUT2D eigenvalue weighted by Gasteiger charge is -2.27. The van der Waals surface area contributed by atoms with Gasteiger partial charge in [-0.15, -0.1) is 0 Å². The van der Waals surface area contributed by atoms with E-state index in [1.807, 2.05) is 0 Å². The molecule has 0 bridgehead atoms. The van der Waals surface area contributed by atoms with Gasteiger partial charge in [-0.05, 0) is 26.0 Å². The van der Waals surface area contributed by atoms with Gasteiger partial charge in [0.15, 0.2) is 0 Å². The average Bonchev–Trinajstić information content (AvgIpc) is 2.23. The van der Waals surface area contributed by atoms with Gasteiger partial charge in [-0.25, -0.2) is 8.42 Å². The molecule has 1 aromatic rings. The molecular weight excluding hydrogens is 317 g/mol. The Hall–Kier alpha value is -0.990. The fraction of sp³-hybridized carbons (Fsp3) is 0.455. The predicted molar refractivity (Wildman–Crippen MR) is 70.9 cm³/mol. The van der Waals surface area contributed by atoms with Gasteiger partial charge in [0, 0.05) is 6.04 Å². The highest BCUT2D eigenvalue weighted by atomic mass is 35.5. The molecule has 0 atom stereocenters. The van der Waals surface area contributed by atoms with E-state index >= 15 is 0 Å². The minimum Gasteiger partial charge on any atom is -0.398 e. The zero-order valence-electron chi connectivity index (χ0n) is 10.8. The number of hydrogen-bond donors (Lipinski definition) is 1. The molecule has 20 heavy (non-hydrogen) atoms. The summed E-state index contributed by atoms with van der Waals surface area (Å²) in [5.41, 5.74) is 5.35. The zero-order valence-corrected chi connectivity index (χ0v) is 12.4. The third-order valence-corrected chi connectivity index (χ3v) is 5.04. The number of benzene rings is 1. The molecule has 0 spiro atoms. The van der Waals surface area contributed by atoms with Crippen molar-refractivity contribution >= 4 is 27.3 Å². The largest absolute Gasteiger partial charge is 0.402 e. The molecule has 0 heterocycles. The summed E-state index contributed by atoms with van der Waals surface area (Å²) in [7, 11) is -4.44. The van der Waals surface area contributed by atoms with Crippen LogP contribution in [0.3, 0.4) is 0 Å². The SMILES string of the molecule is CC(C)N(CC(F)(F)F)S(=O)(=O)c1c(N)cccc1Cl. The van der Waals surface area contributed by atoms with Crippen LogP contribution in [0, 0.1) is 0 Å². The first kappa shape index (κ1) is 17.1. The summed E-state index contributed by atoms with van der Waals surface area (Å²) in [6, 6.07) is 3.05. The molecular formula is C11H14ClF3N2O2S. The third kappa shape index (κ3) is 3.77. The molecule has 0 unspecified atom stereocenters. The Labute approximate surface area is 120 Å². The fourth-order valence-corrected chi connectivity index (χ4v) is 3.90. The number of hydrogen-bond acceptors (Lipinski definition) is 3. The summed E-state index contributed by atoms with van der Waals surface area (Å²) < 4.78 is 62.7. The highest BCUT2D eigenvalue weighted by Gasteiger charge is 2.39. The van der Waals surface area contributed by atoms with Crippen molar-refractivity contribution in [3.8, 4) is 0 Å². The molecule has 2 N–H and O–H groups in total. The summed E-state index contributed by atoms with van der Waals surface area (Å²) >= 11 is 5.77. The summed E-state index contributed by atoms with van der Waals surface area (Å²) in [5, 5.41) is -0.210. The van der Waals surface area contributed by atoms with Crippen LogP contribution in [-0.2, 0) is 10.0 Å². The quantitative estimate of drug-likeness (QED) is 0.863. The van der Waals surface area contributed by atoms with E-state index in [1.165, 1.54) is 32.0 Å². The topological polar surface area (TPSA) is 63.4 Å². The van der Waals surface area contributed by atoms with Crippen LogP contribution >= 0.6 is 11.6 Å². The van der Waals surface area contributed by atoms with Crippen LogP contribution in [0.5, 0.6) is 0 Å². The van der Waals surface area contributed by atoms with E-state index in [1.54, 1.807) is 0 Å². The molecule has 1 aromatic carbocycles. The summed E-state index contributed by atoms with van der Waals surface area (Å²) in [4.78, 5) is -0.500. The number of nitrogens with zero attached hydrogens (tertiary/aromatic N) is 1. The molecule has 0 fully saturated rings. The number of nitrogen functional groups attached to an aromatic ring is 1. The van der Waals surface area contributed by atoms with Crippen LogP contribution in [0.15, 0.2) is 23.1 Å². The van der Waals surface area contributed by atoms with Crippen LogP contribution in [0.4, 0.5) is 18.9 Å². The van der Waals surface area contributed by atoms with Gasteiger partial charge in [0.05, 0.1) is 10.7 Å². The molecule has 0 radical (unpaired) electrons. The Morgan fingerprint density at radius 3 is 2.30 bits per heavy atom. The number of alkyl halides is 3. The molecule has 1 rings (SSSR count). The second kappa shape index (κ2) is 5.79. The number of rotatable bonds is 4. The number of sulfonamides is 1. The van der Waals surface area contributed by atoms with E-state index in [2.05, 4.69) is 0 Å². The van der Waals surface area contributed by atoms with Gasteiger partial charge in [-0.3, -0.25) is 0 Å². The highest BCUT2D eigenvalue weighted by molar-refractivity contribution is 7.89. The van der Waals surface area contributed by atoms with Crippen LogP contribution < -0.4 is 5.73 Å². The maximum atomic E-state index is 12.5. The summed E-state index contributed by atoms with van der Waals surface area (Å²) in [6.07, 6.45) is -4.66. The second-order valence-corrected chi connectivity index (χ2v) is 6.65. The maximum absolute atomic E-state index is 12.5. The lowest BCUT2D eigenvalue weighted by atomic mass is 10.3. The van der Waals surface area contributed by atoms with E-state index in [0.29, 0.717) is 4.31 Å². The van der Waals surface area contributed by atoms with Crippen molar-refractivity contribution < 1.29 is 21.6 Å². The van der Waals surface area contributed by atoms with Gasteiger partial charge < -0.3 is 5.73 Å². The monoisotopic (exact) mass is 330 g/mol. The zero-order chi connectivity index (χ0) is 15.7. The lowest BCUT2D eigenvalue weighted by Crippen LogP contribution is -2.43. The first-order valence-corrected chi connectivity index (χ1v) is 7.41. The van der Waals surface area contributed by atoms with Gasteiger partial charge in [-0.1, -0.05) is 17.7 Å². The standard InChI is InChI=1S/C11H14ClF3N2O2S/c1-7(2)17(6-11(13,14)15)20(18,19)10-8(12)4-3-5-9(10)16/h3-5,7H,6,16H2,1-2H3. The first-order valence-electron chi connectivity index (χ1n) is 5.59. The minimum atomic E-state index is -4.66. The molecule has 0 amide bonds. The first-order chi connectivity index (χ1) is 8.97. The van der Waals surface area contributed by atoms with Gasteiger partial charge in [0.2, 0.25) is 10.0 Å². The average molecular weight is 331 g/mol. The molecule has 0 aliphatic heterocycles. The van der Waals surface area contributed by atoms with Crippen molar-refractivity contribution in [2.45, 2.75) is 31.0 Å². The Kier molecular flexibility index (Phi) is 4.94. The van der Waals surface area contributed by atoms with E-state index in [4.69, 9.17) is 17.3 Å². The third-order valence-electron chi connectivity index (χ3n) is 2.48. The van der Waals surface area contributed by atoms with E-state index in [-0.39, 0.29) is 10.7 Å². The Morgan fingerprint density at radius 1 is 1.35 bits per heavy atom. The molecule has 0 saturated carbocycles. The van der Waals surface area contributed by atoms with Crippen LogP contribution in [0.1, 0.15) is 13.8 Å². The molecule has 9 heteroatoms. The molecule has 0 aliphatic carbocycles.